The molecule has 3 aromatic rings. The van der Waals surface area contributed by atoms with Gasteiger partial charge in [0.2, 0.25) is 0 Å². The van der Waals surface area contributed by atoms with E-state index >= 15 is 0 Å². The summed E-state index contributed by atoms with van der Waals surface area (Å²) in [7, 11) is 3.12. The van der Waals surface area contributed by atoms with Crippen LogP contribution in [0.3, 0.4) is 0 Å². The highest BCUT2D eigenvalue weighted by atomic mass is 16.5. The lowest BCUT2D eigenvalue weighted by Gasteiger charge is -2.13. The van der Waals surface area contributed by atoms with E-state index in [1.54, 1.807) is 43.3 Å². The summed E-state index contributed by atoms with van der Waals surface area (Å²) in [5.74, 6) is 1.61. The highest BCUT2D eigenvalue weighted by Crippen LogP contribution is 2.29. The summed E-state index contributed by atoms with van der Waals surface area (Å²) >= 11 is 0. The highest BCUT2D eigenvalue weighted by Gasteiger charge is 2.14. The average molecular weight is 366 g/mol. The molecule has 0 aliphatic heterocycles. The zero-order chi connectivity index (χ0) is 19.6. The van der Waals surface area contributed by atoms with Gasteiger partial charge in [-0.25, -0.2) is 9.67 Å². The number of aromatic nitrogens is 3. The SMILES string of the molecule is COc1cc(C(=O)Nc2ccc(-n3nc(C)cc3C)nc2)cc(OC)c1C. The quantitative estimate of drug-likeness (QED) is 0.748. The van der Waals surface area contributed by atoms with Gasteiger partial charge in [-0.05, 0) is 51.1 Å². The van der Waals surface area contributed by atoms with Gasteiger partial charge in [0.05, 0.1) is 31.8 Å². The Kier molecular flexibility index (Phi) is 5.12. The van der Waals surface area contributed by atoms with Gasteiger partial charge in [-0.2, -0.15) is 5.10 Å². The summed E-state index contributed by atoms with van der Waals surface area (Å²) in [5, 5.41) is 7.24. The molecule has 3 rings (SSSR count). The largest absolute Gasteiger partial charge is 0.496 e. The van der Waals surface area contributed by atoms with Crippen molar-refractivity contribution in [2.45, 2.75) is 20.8 Å². The maximum absolute atomic E-state index is 12.6. The Morgan fingerprint density at radius 1 is 1.04 bits per heavy atom. The van der Waals surface area contributed by atoms with Crippen LogP contribution in [0, 0.1) is 20.8 Å². The van der Waals surface area contributed by atoms with Crippen LogP contribution in [0.1, 0.15) is 27.3 Å². The first-order valence-electron chi connectivity index (χ1n) is 8.46. The maximum Gasteiger partial charge on any atom is 0.255 e. The van der Waals surface area contributed by atoms with Crippen LogP contribution in [-0.4, -0.2) is 34.9 Å². The Morgan fingerprint density at radius 2 is 1.70 bits per heavy atom. The lowest BCUT2D eigenvalue weighted by molar-refractivity contribution is 0.102. The van der Waals surface area contributed by atoms with Crippen LogP contribution in [-0.2, 0) is 0 Å². The molecule has 1 N–H and O–H groups in total. The molecule has 0 saturated heterocycles. The van der Waals surface area contributed by atoms with E-state index in [1.165, 1.54) is 0 Å². The minimum Gasteiger partial charge on any atom is -0.496 e. The molecule has 2 heterocycles. The van der Waals surface area contributed by atoms with Gasteiger partial charge in [-0.1, -0.05) is 0 Å². The Hall–Kier alpha value is -3.35. The van der Waals surface area contributed by atoms with Crippen molar-refractivity contribution in [3.63, 3.8) is 0 Å². The molecule has 0 aliphatic rings. The first kappa shape index (κ1) is 18.4. The van der Waals surface area contributed by atoms with E-state index in [4.69, 9.17) is 9.47 Å². The number of nitrogens with zero attached hydrogens (tertiary/aromatic N) is 3. The number of hydrogen-bond donors (Lipinski definition) is 1. The van der Waals surface area contributed by atoms with Gasteiger partial charge in [0, 0.05) is 16.8 Å². The van der Waals surface area contributed by atoms with Gasteiger partial charge < -0.3 is 14.8 Å². The fraction of sp³-hybridized carbons (Fsp3) is 0.250. The van der Waals surface area contributed by atoms with Gasteiger partial charge in [-0.3, -0.25) is 4.79 Å². The average Bonchev–Trinajstić information content (AvgIpc) is 3.00. The second-order valence-corrected chi connectivity index (χ2v) is 6.20. The molecule has 0 atom stereocenters. The zero-order valence-electron chi connectivity index (χ0n) is 16.0. The van der Waals surface area contributed by atoms with Crippen molar-refractivity contribution in [1.29, 1.82) is 0 Å². The van der Waals surface area contributed by atoms with E-state index in [1.807, 2.05) is 32.9 Å². The van der Waals surface area contributed by atoms with Gasteiger partial charge in [0.25, 0.3) is 5.91 Å². The number of anilines is 1. The van der Waals surface area contributed by atoms with Gasteiger partial charge in [0.15, 0.2) is 5.82 Å². The van der Waals surface area contributed by atoms with Crippen molar-refractivity contribution in [3.8, 4) is 17.3 Å². The topological polar surface area (TPSA) is 78.3 Å². The van der Waals surface area contributed by atoms with Crippen molar-refractivity contribution in [2.75, 3.05) is 19.5 Å². The van der Waals surface area contributed by atoms with Crippen molar-refractivity contribution >= 4 is 11.6 Å². The lowest BCUT2D eigenvalue weighted by atomic mass is 10.1. The maximum atomic E-state index is 12.6. The lowest BCUT2D eigenvalue weighted by Crippen LogP contribution is -2.13. The predicted molar refractivity (Wildman–Crippen MR) is 103 cm³/mol. The Labute approximate surface area is 158 Å². The molecular weight excluding hydrogens is 344 g/mol. The van der Waals surface area contributed by atoms with Gasteiger partial charge in [0.1, 0.15) is 11.5 Å². The van der Waals surface area contributed by atoms with Gasteiger partial charge in [-0.15, -0.1) is 0 Å². The van der Waals surface area contributed by atoms with E-state index in [0.29, 0.717) is 28.6 Å². The molecule has 0 bridgehead atoms. The zero-order valence-corrected chi connectivity index (χ0v) is 16.0. The number of aryl methyl sites for hydroxylation is 2. The second-order valence-electron chi connectivity index (χ2n) is 6.20. The monoisotopic (exact) mass is 366 g/mol. The molecule has 0 saturated carbocycles. The number of carbonyl (C=O) groups excluding carboxylic acids is 1. The smallest absolute Gasteiger partial charge is 0.255 e. The van der Waals surface area contributed by atoms with Crippen LogP contribution < -0.4 is 14.8 Å². The van der Waals surface area contributed by atoms with Crippen LogP contribution >= 0.6 is 0 Å². The van der Waals surface area contributed by atoms with E-state index in [0.717, 1.165) is 17.0 Å². The third-order valence-electron chi connectivity index (χ3n) is 4.25. The molecular formula is C20H22N4O3. The number of hydrogen-bond acceptors (Lipinski definition) is 5. The summed E-state index contributed by atoms with van der Waals surface area (Å²) in [6.45, 7) is 5.78. The Morgan fingerprint density at radius 3 is 2.19 bits per heavy atom. The molecule has 7 nitrogen and oxygen atoms in total. The highest BCUT2D eigenvalue weighted by molar-refractivity contribution is 6.04. The van der Waals surface area contributed by atoms with Crippen molar-refractivity contribution in [3.05, 3.63) is 59.0 Å². The summed E-state index contributed by atoms with van der Waals surface area (Å²) in [6, 6.07) is 8.95. The molecule has 1 aromatic carbocycles. The first-order valence-corrected chi connectivity index (χ1v) is 8.46. The molecule has 0 fully saturated rings. The van der Waals surface area contributed by atoms with Crippen molar-refractivity contribution in [1.82, 2.24) is 14.8 Å². The van der Waals surface area contributed by atoms with Crippen LogP contribution in [0.15, 0.2) is 36.5 Å². The minimum atomic E-state index is -0.271. The second kappa shape index (κ2) is 7.49. The molecule has 27 heavy (non-hydrogen) atoms. The molecule has 7 heteroatoms. The molecule has 0 unspecified atom stereocenters. The third-order valence-corrected chi connectivity index (χ3v) is 4.25. The molecule has 2 aromatic heterocycles. The van der Waals surface area contributed by atoms with Gasteiger partial charge >= 0.3 is 0 Å². The molecule has 1 amide bonds. The number of ether oxygens (including phenoxy) is 2. The Bertz CT molecular complexity index is 952. The standard InChI is InChI=1S/C20H22N4O3/c1-12-8-13(2)24(23-12)19-7-6-16(11-21-19)22-20(25)15-9-17(26-4)14(3)18(10-15)27-5/h6-11H,1-5H3,(H,22,25). The van der Waals surface area contributed by atoms with Crippen LogP contribution in [0.5, 0.6) is 11.5 Å². The summed E-state index contributed by atoms with van der Waals surface area (Å²) in [6.07, 6.45) is 1.60. The summed E-state index contributed by atoms with van der Waals surface area (Å²) in [4.78, 5) is 17.0. The minimum absolute atomic E-state index is 0.271. The van der Waals surface area contributed by atoms with Crippen LogP contribution in [0.2, 0.25) is 0 Å². The van der Waals surface area contributed by atoms with E-state index in [-0.39, 0.29) is 5.91 Å². The van der Waals surface area contributed by atoms with E-state index < -0.39 is 0 Å². The predicted octanol–water partition coefficient (Wildman–Crippen LogP) is 3.46. The number of pyridine rings is 1. The summed E-state index contributed by atoms with van der Waals surface area (Å²) in [5.41, 5.74) is 3.79. The molecule has 0 radical (unpaired) electrons. The van der Waals surface area contributed by atoms with E-state index in [2.05, 4.69) is 15.4 Å². The first-order chi connectivity index (χ1) is 12.9. The fourth-order valence-electron chi connectivity index (χ4n) is 2.87. The van der Waals surface area contributed by atoms with Crippen molar-refractivity contribution in [2.24, 2.45) is 0 Å². The normalized spacial score (nSPS) is 10.6. The van der Waals surface area contributed by atoms with Crippen molar-refractivity contribution < 1.29 is 14.3 Å². The molecule has 0 spiro atoms. The Balaban J connectivity index is 1.81. The van der Waals surface area contributed by atoms with Crippen LogP contribution in [0.25, 0.3) is 5.82 Å². The molecule has 140 valence electrons. The fourth-order valence-corrected chi connectivity index (χ4v) is 2.87. The third kappa shape index (κ3) is 3.76. The van der Waals surface area contributed by atoms with E-state index in [9.17, 15) is 4.79 Å². The summed E-state index contributed by atoms with van der Waals surface area (Å²) < 4.78 is 12.4. The number of nitrogens with one attached hydrogen (secondary N) is 1. The molecule has 0 aliphatic carbocycles. The van der Waals surface area contributed by atoms with Crippen LogP contribution in [0.4, 0.5) is 5.69 Å². The number of methoxy groups -OCH3 is 2. The number of benzene rings is 1. The number of carbonyl (C=O) groups is 1. The number of rotatable bonds is 5. The number of amides is 1.